The second-order valence-corrected chi connectivity index (χ2v) is 38.7. The molecule has 12 rings (SSSR count). The number of ether oxygens (including phenoxy) is 4. The van der Waals surface area contributed by atoms with Crippen molar-refractivity contribution >= 4 is 92.9 Å². The van der Waals surface area contributed by atoms with Crippen LogP contribution < -0.4 is 9.47 Å². The van der Waals surface area contributed by atoms with Crippen LogP contribution in [-0.4, -0.2) is 163 Å². The van der Waals surface area contributed by atoms with Crippen LogP contribution in [0, 0.1) is 7.43 Å². The molecule has 0 spiro atoms. The Morgan fingerprint density at radius 2 is 0.840 bits per heavy atom. The van der Waals surface area contributed by atoms with E-state index in [0.29, 0.717) is 91.4 Å². The number of carbonyl (C=O) groups excluding carboxylic acids is 2. The SMILES string of the molecule is C1=CCC/C=C\CC1.C1CCC([PH+](C2CCCCC2)C2CCCCC2)CC1.CC(C)(C)OC(=O)N1CCC(Oc2ncnc3c2cnn3-c2ccc(S(C)(=O)=O)cc2)CC1.ClCCl.F[P-](F)(F)(F)(F)F.[3H]C.[3H]c1cc(S(C)(=O)=O)cc([3H])c1-n1ncc2c(OC3CCN(C(=O)OC(C)(C)C)CC3)ncnc21.[CH3+].[Ir]. The molecule has 0 atom stereocenters. The third-order valence-electron chi connectivity index (χ3n) is 17.8. The summed E-state index contributed by atoms with van der Waals surface area (Å²) >= 11 is 9.53. The summed E-state index contributed by atoms with van der Waals surface area (Å²) in [7, 11) is -16.3. The van der Waals surface area contributed by atoms with Crippen molar-refractivity contribution in [1.82, 2.24) is 49.3 Å². The normalized spacial score (nSPS) is 18.7. The Balaban J connectivity index is 0.000000311. The zero-order valence-corrected chi connectivity index (χ0v) is 69.9. The second-order valence-electron chi connectivity index (χ2n) is 28.5. The standard InChI is InChI=1S/2C22H27N5O5S.C18H33P.C8H12.CH2Cl2.CH4.CH3.F6P.Ir/c2*1-22(2,3)32-21(28)26-11-9-16(10-12-26)31-20-18-13-25-27(19(18)23-14-24-20)15-5-7-17(8-6-15)33(4,29)30;1-4-10-16(11-5-1)19(17-12-6-2-7-13-17)18-14-8-3-9-15-18;1-2-4-6-8-7-5-3-1;2-1-3;;;1-7(2,3,4,5)6;/h2*5-8,13-14,16H,9-12H2,1-4H3;16-18H,1-15H2;1-2,7-8H,3-6H2;1H2;1H4;1H3;;/q;;;;;;+1;-1;/p+1/b;;;2-1-,8-7?;;;;;/i5T,6T;;;;;1T;;;. The van der Waals surface area contributed by atoms with Gasteiger partial charge in [0.25, 0.3) is 0 Å². The molecule has 1 radical (unpaired) electrons. The Morgan fingerprint density at radius 3 is 1.14 bits per heavy atom. The van der Waals surface area contributed by atoms with E-state index in [4.69, 9.17) is 46.3 Å². The number of nitrogens with zero attached hydrogens (tertiary/aromatic N) is 10. The molecule has 33 heteroatoms. The first-order valence-corrected chi connectivity index (χ1v) is 43.9. The van der Waals surface area contributed by atoms with E-state index in [9.17, 15) is 51.6 Å². The zero-order chi connectivity index (χ0) is 79.0. The molecule has 6 aliphatic rings. The van der Waals surface area contributed by atoms with Gasteiger partial charge >= 0.3 is 45.2 Å². The fourth-order valence-corrected chi connectivity index (χ4v) is 19.6. The first-order chi connectivity index (χ1) is 50.2. The Kier molecular flexibility index (Phi) is 34.0. The fourth-order valence-electron chi connectivity index (χ4n) is 13.2. The maximum Gasteiger partial charge on any atom is 0.410 e. The van der Waals surface area contributed by atoms with Crippen molar-refractivity contribution in [1.29, 1.82) is 0 Å². The molecule has 20 nitrogen and oxygen atoms in total. The van der Waals surface area contributed by atoms with E-state index in [0.717, 1.165) is 6.26 Å². The van der Waals surface area contributed by atoms with E-state index in [2.05, 4.69) is 54.4 Å². The molecule has 597 valence electrons. The van der Waals surface area contributed by atoms with Crippen molar-refractivity contribution in [2.75, 3.05) is 44.0 Å². The Bertz CT molecular complexity index is 4020. The van der Waals surface area contributed by atoms with Crippen LogP contribution >= 0.6 is 38.9 Å². The molecule has 2 saturated heterocycles. The molecule has 4 aliphatic carbocycles. The largest absolute Gasteiger partial charge is 0.474 e. The van der Waals surface area contributed by atoms with Crippen molar-refractivity contribution < 1.29 is 94.8 Å². The van der Waals surface area contributed by atoms with Crippen LogP contribution in [0.4, 0.5) is 34.8 Å². The monoisotopic (exact) mass is 1790 g/mol. The van der Waals surface area contributed by atoms with Crippen LogP contribution in [0.5, 0.6) is 11.8 Å². The molecule has 5 fully saturated rings. The van der Waals surface area contributed by atoms with Gasteiger partial charge in [-0.1, -0.05) is 51.0 Å². The minimum atomic E-state index is -10.7. The van der Waals surface area contributed by atoms with Gasteiger partial charge in [-0.3, -0.25) is 0 Å². The van der Waals surface area contributed by atoms with Crippen LogP contribution in [0.25, 0.3) is 33.4 Å². The molecule has 0 N–H and O–H groups in total. The zero-order valence-electron chi connectivity index (χ0n) is 65.4. The van der Waals surface area contributed by atoms with Crippen molar-refractivity contribution in [2.24, 2.45) is 0 Å². The molecular weight excluding hydrogens is 1680 g/mol. The van der Waals surface area contributed by atoms with Crippen LogP contribution in [0.3, 0.4) is 0 Å². The molecule has 2 amide bonds. The molecule has 4 aromatic heterocycles. The minimum Gasteiger partial charge on any atom is -0.474 e. The van der Waals surface area contributed by atoms with Crippen LogP contribution in [0.1, 0.15) is 201 Å². The van der Waals surface area contributed by atoms with Crippen LogP contribution in [0.15, 0.2) is 108 Å². The number of amides is 2. The fraction of sp³-hybridized carbons (Fsp3) is 0.603. The molecule has 3 saturated carbocycles. The van der Waals surface area contributed by atoms with Gasteiger partial charge in [0.2, 0.25) is 11.8 Å². The number of carbonyl (C=O) groups is 2. The van der Waals surface area contributed by atoms with E-state index in [1.165, 1.54) is 104 Å². The average molecular weight is 1800 g/mol. The van der Waals surface area contributed by atoms with Gasteiger partial charge in [0.05, 0.1) is 58.6 Å². The number of rotatable bonds is 11. The Hall–Kier alpha value is -5.40. The number of benzene rings is 2. The van der Waals surface area contributed by atoms with Gasteiger partial charge in [0.1, 0.15) is 46.8 Å². The van der Waals surface area contributed by atoms with Gasteiger partial charge < -0.3 is 28.7 Å². The summed E-state index contributed by atoms with van der Waals surface area (Å²) in [6.07, 6.45) is 47.4. The number of aromatic nitrogens is 8. The van der Waals surface area contributed by atoms with E-state index >= 15 is 0 Å². The topological polar surface area (TPSA) is 233 Å². The number of piperidine rings is 2. The number of hydrogen-bond acceptors (Lipinski definition) is 16. The predicted octanol–water partition coefficient (Wildman–Crippen LogP) is 20.8. The number of allylic oxidation sites excluding steroid dienone is 4. The van der Waals surface area contributed by atoms with Crippen molar-refractivity contribution in [3.8, 4) is 23.1 Å². The molecule has 0 unspecified atom stereocenters. The van der Waals surface area contributed by atoms with Gasteiger partial charge in [-0.2, -0.15) is 10.2 Å². The second kappa shape index (κ2) is 41.0. The molecule has 6 heterocycles. The first kappa shape index (κ1) is 87.8. The van der Waals surface area contributed by atoms with Gasteiger partial charge in [-0.05, 0) is 193 Å². The summed E-state index contributed by atoms with van der Waals surface area (Å²) < 4.78 is 155. The van der Waals surface area contributed by atoms with E-state index in [1.54, 1.807) is 129 Å². The van der Waals surface area contributed by atoms with Crippen LogP contribution in [-0.2, 0) is 49.3 Å². The number of sulfone groups is 2. The minimum absolute atomic E-state index is 0. The van der Waals surface area contributed by atoms with Crippen molar-refractivity contribution in [3.63, 3.8) is 0 Å². The van der Waals surface area contributed by atoms with E-state index in [1.807, 2.05) is 41.5 Å². The first-order valence-electron chi connectivity index (χ1n) is 37.3. The number of alkyl halides is 2. The van der Waals surface area contributed by atoms with Crippen molar-refractivity contribution in [2.45, 2.75) is 247 Å². The third-order valence-corrected chi connectivity index (χ3v) is 24.6. The summed E-state index contributed by atoms with van der Waals surface area (Å²) in [5.74, 6) is 0.734. The van der Waals surface area contributed by atoms with Gasteiger partial charge in [0, 0.05) is 101 Å². The third kappa shape index (κ3) is 32.3. The number of fused-ring (bicyclic) bond motifs is 2. The molecule has 2 aliphatic heterocycles. The quantitative estimate of drug-likeness (QED) is 0.0386. The molecular formula is C73H109Cl2F6IrN10O10P2S2+. The summed E-state index contributed by atoms with van der Waals surface area (Å²) in [4.78, 5) is 45.1. The average Bonchev–Trinajstić information content (AvgIpc) is 1.71. The van der Waals surface area contributed by atoms with E-state index in [-0.39, 0.29) is 92.8 Å². The Morgan fingerprint density at radius 1 is 0.538 bits per heavy atom. The smallest absolute Gasteiger partial charge is 0.410 e. The predicted molar refractivity (Wildman–Crippen MR) is 411 cm³/mol. The number of halogens is 8. The van der Waals surface area contributed by atoms with Gasteiger partial charge in [-0.25, -0.2) is 55.7 Å². The number of likely N-dealkylation sites (tertiary alicyclic amines) is 2. The van der Waals surface area contributed by atoms with Gasteiger partial charge in [0.15, 0.2) is 31.0 Å². The summed E-state index contributed by atoms with van der Waals surface area (Å²) in [5.41, 5.74) is 4.26. The van der Waals surface area contributed by atoms with Crippen LogP contribution in [0.2, 0.25) is 0 Å². The maximum atomic E-state index is 12.3. The summed E-state index contributed by atoms with van der Waals surface area (Å²) in [5, 5.41) is 10.0. The summed E-state index contributed by atoms with van der Waals surface area (Å²) in [6, 6.07) is 8.47. The number of hydrogen-bond donors (Lipinski definition) is 0. The molecule has 106 heavy (non-hydrogen) atoms. The Labute approximate surface area is 652 Å². The van der Waals surface area contributed by atoms with Crippen molar-refractivity contribution in [3.05, 3.63) is 105 Å². The van der Waals surface area contributed by atoms with Gasteiger partial charge in [-0.15, -0.1) is 23.2 Å². The van der Waals surface area contributed by atoms with E-state index < -0.39 is 38.7 Å². The maximum absolute atomic E-state index is 12.3. The molecule has 2 aromatic carbocycles. The molecule has 0 bridgehead atoms. The summed E-state index contributed by atoms with van der Waals surface area (Å²) in [6.45, 7) is 13.1. The molecule has 6 aromatic rings.